The molecule has 3 heteroatoms. The Labute approximate surface area is 78.0 Å². The zero-order valence-corrected chi connectivity index (χ0v) is 7.91. The van der Waals surface area contributed by atoms with Gasteiger partial charge in [0.2, 0.25) is 0 Å². The minimum Gasteiger partial charge on any atom is -0.508 e. The molecule has 1 rings (SSSR count). The van der Waals surface area contributed by atoms with Crippen LogP contribution in [-0.2, 0) is 0 Å². The monoisotopic (exact) mass is 181 g/mol. The minimum atomic E-state index is -0.195. The van der Waals surface area contributed by atoms with E-state index < -0.39 is 0 Å². The topological polar surface area (TPSA) is 52.5 Å². The molecular weight excluding hydrogens is 166 g/mol. The van der Waals surface area contributed by atoms with Crippen molar-refractivity contribution in [2.45, 2.75) is 13.0 Å². The number of nitrogens with one attached hydrogen (secondary N) is 1. The first-order valence-corrected chi connectivity index (χ1v) is 4.26. The second-order valence-corrected chi connectivity index (χ2v) is 3.09. The number of aliphatic hydroxyl groups is 1. The lowest BCUT2D eigenvalue weighted by atomic mass is 10.0. The third kappa shape index (κ3) is 2.20. The van der Waals surface area contributed by atoms with E-state index in [1.54, 1.807) is 13.1 Å². The normalized spacial score (nSPS) is 12.8. The molecular formula is C10H15NO2. The summed E-state index contributed by atoms with van der Waals surface area (Å²) < 4.78 is 0. The molecule has 72 valence electrons. The molecule has 0 radical (unpaired) electrons. The fourth-order valence-corrected chi connectivity index (χ4v) is 1.30. The van der Waals surface area contributed by atoms with Crippen molar-refractivity contribution in [2.75, 3.05) is 13.7 Å². The summed E-state index contributed by atoms with van der Waals surface area (Å²) >= 11 is 0. The molecule has 0 aliphatic carbocycles. The Morgan fingerprint density at radius 1 is 1.46 bits per heavy atom. The van der Waals surface area contributed by atoms with Crippen molar-refractivity contribution in [1.29, 1.82) is 0 Å². The smallest absolute Gasteiger partial charge is 0.120 e. The number of phenolic OH excluding ortho intramolecular Hbond substituents is 1. The quantitative estimate of drug-likeness (QED) is 0.651. The summed E-state index contributed by atoms with van der Waals surface area (Å²) in [5.74, 6) is 0.221. The molecule has 3 N–H and O–H groups in total. The van der Waals surface area contributed by atoms with Crippen molar-refractivity contribution in [3.8, 4) is 5.75 Å². The Bertz CT molecular complexity index is 282. The van der Waals surface area contributed by atoms with Crippen LogP contribution < -0.4 is 5.32 Å². The van der Waals surface area contributed by atoms with E-state index in [0.29, 0.717) is 0 Å². The van der Waals surface area contributed by atoms with E-state index in [1.807, 2.05) is 19.1 Å². The number of likely N-dealkylation sites (N-methyl/N-ethyl adjacent to an activating group) is 1. The van der Waals surface area contributed by atoms with Crippen LogP contribution in [0.5, 0.6) is 5.75 Å². The minimum absolute atomic E-state index is 0.0203. The number of phenols is 1. The molecule has 0 amide bonds. The molecule has 0 saturated heterocycles. The van der Waals surface area contributed by atoms with Crippen molar-refractivity contribution < 1.29 is 10.2 Å². The highest BCUT2D eigenvalue weighted by molar-refractivity contribution is 5.38. The molecule has 0 bridgehead atoms. The summed E-state index contributed by atoms with van der Waals surface area (Å²) in [7, 11) is 1.75. The summed E-state index contributed by atoms with van der Waals surface area (Å²) in [5, 5.41) is 21.5. The summed E-state index contributed by atoms with van der Waals surface area (Å²) in [6.07, 6.45) is 0. The predicted octanol–water partition coefficient (Wildman–Crippen LogP) is 0.953. The molecule has 0 spiro atoms. The van der Waals surface area contributed by atoms with Gasteiger partial charge >= 0.3 is 0 Å². The average Bonchev–Trinajstić information content (AvgIpc) is 2.13. The number of hydrogen-bond donors (Lipinski definition) is 3. The summed E-state index contributed by atoms with van der Waals surface area (Å²) in [5.41, 5.74) is 1.81. The Balaban J connectivity index is 3.03. The maximum atomic E-state index is 9.52. The van der Waals surface area contributed by atoms with Gasteiger partial charge in [0.05, 0.1) is 12.6 Å². The molecule has 1 atom stereocenters. The number of rotatable bonds is 3. The maximum Gasteiger partial charge on any atom is 0.120 e. The van der Waals surface area contributed by atoms with Crippen molar-refractivity contribution in [2.24, 2.45) is 0 Å². The molecule has 0 heterocycles. The zero-order valence-electron chi connectivity index (χ0n) is 7.91. The first-order valence-electron chi connectivity index (χ1n) is 4.26. The van der Waals surface area contributed by atoms with Crippen LogP contribution in [-0.4, -0.2) is 23.9 Å². The van der Waals surface area contributed by atoms with E-state index in [9.17, 15) is 5.11 Å². The summed E-state index contributed by atoms with van der Waals surface area (Å²) in [4.78, 5) is 0. The largest absolute Gasteiger partial charge is 0.508 e. The summed E-state index contributed by atoms with van der Waals surface area (Å²) in [6, 6.07) is 5.15. The third-order valence-electron chi connectivity index (χ3n) is 2.09. The van der Waals surface area contributed by atoms with Crippen molar-refractivity contribution >= 4 is 0 Å². The predicted molar refractivity (Wildman–Crippen MR) is 51.7 cm³/mol. The van der Waals surface area contributed by atoms with Gasteiger partial charge in [0, 0.05) is 5.56 Å². The Hall–Kier alpha value is -1.06. The van der Waals surface area contributed by atoms with Gasteiger partial charge in [0.25, 0.3) is 0 Å². The highest BCUT2D eigenvalue weighted by Gasteiger charge is 2.11. The van der Waals surface area contributed by atoms with E-state index in [0.717, 1.165) is 11.1 Å². The molecule has 0 saturated carbocycles. The van der Waals surface area contributed by atoms with Gasteiger partial charge in [-0.15, -0.1) is 0 Å². The van der Waals surface area contributed by atoms with Crippen LogP contribution in [0.15, 0.2) is 18.2 Å². The van der Waals surface area contributed by atoms with E-state index in [2.05, 4.69) is 5.32 Å². The highest BCUT2D eigenvalue weighted by Crippen LogP contribution is 2.24. The van der Waals surface area contributed by atoms with Crippen LogP contribution in [0.2, 0.25) is 0 Å². The molecule has 1 aromatic rings. The second kappa shape index (κ2) is 4.25. The van der Waals surface area contributed by atoms with Crippen molar-refractivity contribution in [3.05, 3.63) is 29.3 Å². The van der Waals surface area contributed by atoms with Crippen LogP contribution >= 0.6 is 0 Å². The van der Waals surface area contributed by atoms with Gasteiger partial charge in [0.1, 0.15) is 5.75 Å². The highest BCUT2D eigenvalue weighted by atomic mass is 16.3. The number of hydrogen-bond acceptors (Lipinski definition) is 3. The number of aromatic hydroxyl groups is 1. The number of aryl methyl sites for hydroxylation is 1. The van der Waals surface area contributed by atoms with Gasteiger partial charge in [-0.05, 0) is 20.0 Å². The molecule has 3 nitrogen and oxygen atoms in total. The average molecular weight is 181 g/mol. The Morgan fingerprint density at radius 2 is 2.15 bits per heavy atom. The van der Waals surface area contributed by atoms with Gasteiger partial charge < -0.3 is 15.5 Å². The molecule has 0 aromatic heterocycles. The first-order chi connectivity index (χ1) is 6.19. The van der Waals surface area contributed by atoms with Crippen molar-refractivity contribution in [1.82, 2.24) is 5.32 Å². The van der Waals surface area contributed by atoms with Crippen molar-refractivity contribution in [3.63, 3.8) is 0 Å². The van der Waals surface area contributed by atoms with Gasteiger partial charge in [-0.3, -0.25) is 0 Å². The fraction of sp³-hybridized carbons (Fsp3) is 0.400. The van der Waals surface area contributed by atoms with Gasteiger partial charge in [-0.1, -0.05) is 17.7 Å². The van der Waals surface area contributed by atoms with Crippen LogP contribution in [0.1, 0.15) is 17.2 Å². The second-order valence-electron chi connectivity index (χ2n) is 3.09. The van der Waals surface area contributed by atoms with Gasteiger partial charge in [-0.2, -0.15) is 0 Å². The van der Waals surface area contributed by atoms with Crippen LogP contribution in [0.3, 0.4) is 0 Å². The van der Waals surface area contributed by atoms with E-state index in [4.69, 9.17) is 5.11 Å². The fourth-order valence-electron chi connectivity index (χ4n) is 1.30. The SMILES string of the molecule is CN[C@H](CO)c1cc(C)ccc1O. The standard InChI is InChI=1S/C10H15NO2/c1-7-3-4-10(13)8(5-7)9(6-12)11-2/h3-5,9,11-13H,6H2,1-2H3/t9-/m1/s1. The lowest BCUT2D eigenvalue weighted by Gasteiger charge is -2.15. The lowest BCUT2D eigenvalue weighted by molar-refractivity contribution is 0.248. The molecule has 0 aliphatic heterocycles. The molecule has 0 unspecified atom stereocenters. The van der Waals surface area contributed by atoms with Gasteiger partial charge in [-0.25, -0.2) is 0 Å². The van der Waals surface area contributed by atoms with E-state index in [1.165, 1.54) is 0 Å². The van der Waals surface area contributed by atoms with E-state index >= 15 is 0 Å². The Morgan fingerprint density at radius 3 is 2.69 bits per heavy atom. The zero-order chi connectivity index (χ0) is 9.84. The third-order valence-corrected chi connectivity index (χ3v) is 2.09. The van der Waals surface area contributed by atoms with Crippen LogP contribution in [0.4, 0.5) is 0 Å². The van der Waals surface area contributed by atoms with Gasteiger partial charge in [0.15, 0.2) is 0 Å². The molecule has 0 fully saturated rings. The molecule has 1 aromatic carbocycles. The first kappa shape index (κ1) is 10.0. The number of aliphatic hydroxyl groups excluding tert-OH is 1. The lowest BCUT2D eigenvalue weighted by Crippen LogP contribution is -2.20. The summed E-state index contributed by atoms with van der Waals surface area (Å²) in [6.45, 7) is 1.93. The molecule has 13 heavy (non-hydrogen) atoms. The maximum absolute atomic E-state index is 9.52. The van der Waals surface area contributed by atoms with Crippen LogP contribution in [0, 0.1) is 6.92 Å². The molecule has 0 aliphatic rings. The van der Waals surface area contributed by atoms with Crippen LogP contribution in [0.25, 0.3) is 0 Å². The van der Waals surface area contributed by atoms with E-state index in [-0.39, 0.29) is 18.4 Å². The number of benzene rings is 1. The Kier molecular flexibility index (Phi) is 3.28.